The second-order valence-electron chi connectivity index (χ2n) is 15.4. The number of phenolic OH excluding ortho intramolecular Hbond substituents is 1. The Morgan fingerprint density at radius 2 is 0.741 bits per heavy atom. The summed E-state index contributed by atoms with van der Waals surface area (Å²) in [6, 6.07) is 30.1. The molecule has 0 atom stereocenters. The van der Waals surface area contributed by atoms with Crippen LogP contribution in [0.4, 0.5) is 0 Å². The van der Waals surface area contributed by atoms with Crippen molar-refractivity contribution >= 4 is 12.2 Å². The van der Waals surface area contributed by atoms with Crippen molar-refractivity contribution in [3.05, 3.63) is 147 Å². The molecule has 0 aliphatic rings. The molecule has 0 heterocycles. The van der Waals surface area contributed by atoms with Gasteiger partial charge in [0.15, 0.2) is 0 Å². The van der Waals surface area contributed by atoms with E-state index in [1.807, 2.05) is 58.1 Å². The molecule has 54 heavy (non-hydrogen) atoms. The van der Waals surface area contributed by atoms with Gasteiger partial charge in [0.2, 0.25) is 0 Å². The number of aromatic hydroxyl groups is 1. The minimum Gasteiger partial charge on any atom is -0.508 e. The van der Waals surface area contributed by atoms with Gasteiger partial charge >= 0.3 is 0 Å². The van der Waals surface area contributed by atoms with E-state index in [0.717, 1.165) is 44.1 Å². The van der Waals surface area contributed by atoms with E-state index in [1.165, 1.54) is 44.5 Å². The van der Waals surface area contributed by atoms with E-state index in [2.05, 4.69) is 115 Å². The maximum atomic E-state index is 10.5. The Balaban J connectivity index is 0.000000290. The quantitative estimate of drug-likeness (QED) is 0.108. The summed E-state index contributed by atoms with van der Waals surface area (Å²) in [4.78, 5) is 0. The van der Waals surface area contributed by atoms with Crippen LogP contribution in [0.2, 0.25) is 0 Å². The Kier molecular flexibility index (Phi) is 16.1. The summed E-state index contributed by atoms with van der Waals surface area (Å²) in [5, 5.41) is 30.7. The van der Waals surface area contributed by atoms with Crippen LogP contribution in [-0.2, 0) is 10.8 Å². The van der Waals surface area contributed by atoms with E-state index < -0.39 is 11.2 Å². The molecule has 0 amide bonds. The molecule has 3 heteroatoms. The van der Waals surface area contributed by atoms with Crippen molar-refractivity contribution in [2.75, 3.05) is 0 Å². The van der Waals surface area contributed by atoms with Crippen molar-refractivity contribution in [2.45, 2.75) is 150 Å². The van der Waals surface area contributed by atoms with Crippen molar-refractivity contribution in [1.29, 1.82) is 0 Å². The van der Waals surface area contributed by atoms with Crippen LogP contribution in [0.15, 0.2) is 97.1 Å². The number of aliphatic hydroxyl groups is 2. The van der Waals surface area contributed by atoms with E-state index in [1.54, 1.807) is 12.1 Å². The Bertz CT molecular complexity index is 1660. The van der Waals surface area contributed by atoms with E-state index in [4.69, 9.17) is 0 Å². The third-order valence-electron chi connectivity index (χ3n) is 12.7. The average molecular weight is 731 g/mol. The molecule has 0 saturated carbocycles. The molecule has 3 N–H and O–H groups in total. The molecule has 0 fully saturated rings. The zero-order valence-electron chi connectivity index (χ0n) is 35.4. The predicted molar refractivity (Wildman–Crippen MR) is 233 cm³/mol. The zero-order chi connectivity index (χ0) is 40.2. The summed E-state index contributed by atoms with van der Waals surface area (Å²) in [5.74, 6) is 0.302. The van der Waals surface area contributed by atoms with E-state index in [9.17, 15) is 15.3 Å². The standard InChI is InChI=1S/C26H36O.C25H34O2/c1-7-25(27,8-2)18-17-22-13-16-24(19-21(22)6)26(9-3,10-4)23-14-11-20(5)12-15-23;1-6-24(27,7-2)17-16-20-10-11-22(18-19(20)5)25(8-3,9-4)21-12-14-23(26)15-13-21/h11-19,27H,7-10H2,1-6H3;10-18,26-27H,6-9H2,1-5H3/b18-17+;17-16+. The highest BCUT2D eigenvalue weighted by molar-refractivity contribution is 5.58. The summed E-state index contributed by atoms with van der Waals surface area (Å²) in [5.41, 5.74) is 9.97. The second kappa shape index (κ2) is 19.6. The van der Waals surface area contributed by atoms with E-state index >= 15 is 0 Å². The van der Waals surface area contributed by atoms with Crippen molar-refractivity contribution in [1.82, 2.24) is 0 Å². The number of hydrogen-bond acceptors (Lipinski definition) is 3. The molecular formula is C51H70O3. The molecule has 0 saturated heterocycles. The summed E-state index contributed by atoms with van der Waals surface area (Å²) in [7, 11) is 0. The van der Waals surface area contributed by atoms with Crippen LogP contribution in [0.5, 0.6) is 5.75 Å². The first-order chi connectivity index (χ1) is 25.7. The van der Waals surface area contributed by atoms with Crippen LogP contribution in [0, 0.1) is 20.8 Å². The van der Waals surface area contributed by atoms with Gasteiger partial charge in [-0.05, 0) is 129 Å². The molecular weight excluding hydrogens is 661 g/mol. The molecule has 292 valence electrons. The number of aryl methyl sites for hydroxylation is 3. The lowest BCUT2D eigenvalue weighted by Gasteiger charge is -2.34. The molecule has 0 aliphatic carbocycles. The Labute approximate surface area is 328 Å². The highest BCUT2D eigenvalue weighted by Gasteiger charge is 2.32. The van der Waals surface area contributed by atoms with Gasteiger partial charge in [0, 0.05) is 10.8 Å². The number of benzene rings is 4. The fourth-order valence-corrected chi connectivity index (χ4v) is 7.90. The topological polar surface area (TPSA) is 60.7 Å². The third-order valence-corrected chi connectivity index (χ3v) is 12.7. The Morgan fingerprint density at radius 3 is 1.04 bits per heavy atom. The number of hydrogen-bond donors (Lipinski definition) is 3. The SMILES string of the molecule is CCC(O)(/C=C/c1ccc(C(CC)(CC)c2ccc(C)cc2)cc1C)CC.CCC(O)(/C=C/c1ccc(C(CC)(CC)c2ccc(O)cc2)cc1C)CC. The van der Waals surface area contributed by atoms with Gasteiger partial charge in [-0.2, -0.15) is 0 Å². The lowest BCUT2D eigenvalue weighted by atomic mass is 9.70. The lowest BCUT2D eigenvalue weighted by Crippen LogP contribution is -2.26. The molecule has 4 aromatic carbocycles. The maximum absolute atomic E-state index is 10.5. The molecule has 4 aromatic rings. The minimum atomic E-state index is -0.728. The van der Waals surface area contributed by atoms with Crippen LogP contribution in [0.1, 0.15) is 157 Å². The molecule has 0 bridgehead atoms. The minimum absolute atomic E-state index is 0.0499. The van der Waals surface area contributed by atoms with Crippen molar-refractivity contribution in [3.63, 3.8) is 0 Å². The predicted octanol–water partition coefficient (Wildman–Crippen LogP) is 13.3. The van der Waals surface area contributed by atoms with Crippen molar-refractivity contribution in [2.24, 2.45) is 0 Å². The number of phenols is 1. The summed E-state index contributed by atoms with van der Waals surface area (Å²) < 4.78 is 0. The molecule has 0 aromatic heterocycles. The van der Waals surface area contributed by atoms with E-state index in [-0.39, 0.29) is 10.8 Å². The fourth-order valence-electron chi connectivity index (χ4n) is 7.90. The van der Waals surface area contributed by atoms with Gasteiger partial charge in [-0.1, -0.05) is 158 Å². The maximum Gasteiger partial charge on any atom is 0.115 e. The average Bonchev–Trinajstić information content (AvgIpc) is 3.19. The van der Waals surface area contributed by atoms with Crippen LogP contribution in [-0.4, -0.2) is 26.5 Å². The van der Waals surface area contributed by atoms with Crippen molar-refractivity contribution in [3.8, 4) is 5.75 Å². The molecule has 0 unspecified atom stereocenters. The monoisotopic (exact) mass is 731 g/mol. The summed E-state index contributed by atoms with van der Waals surface area (Å²) in [6.07, 6.45) is 15.1. The van der Waals surface area contributed by atoms with Crippen LogP contribution in [0.3, 0.4) is 0 Å². The Morgan fingerprint density at radius 1 is 0.426 bits per heavy atom. The first kappa shape index (κ1) is 44.5. The Hall–Kier alpha value is -3.92. The van der Waals surface area contributed by atoms with Gasteiger partial charge < -0.3 is 15.3 Å². The molecule has 3 nitrogen and oxygen atoms in total. The molecule has 4 rings (SSSR count). The normalized spacial score (nSPS) is 12.7. The lowest BCUT2D eigenvalue weighted by molar-refractivity contribution is 0.0832. The molecule has 0 radical (unpaired) electrons. The first-order valence-electron chi connectivity index (χ1n) is 20.6. The molecule has 0 spiro atoms. The van der Waals surface area contributed by atoms with Gasteiger partial charge in [0.05, 0.1) is 11.2 Å². The third kappa shape index (κ3) is 10.2. The van der Waals surface area contributed by atoms with Gasteiger partial charge in [0.25, 0.3) is 0 Å². The van der Waals surface area contributed by atoms with Gasteiger partial charge in [0.1, 0.15) is 5.75 Å². The molecule has 0 aliphatic heterocycles. The number of rotatable bonds is 16. The van der Waals surface area contributed by atoms with Gasteiger partial charge in [-0.15, -0.1) is 0 Å². The first-order valence-corrected chi connectivity index (χ1v) is 20.6. The van der Waals surface area contributed by atoms with Crippen LogP contribution < -0.4 is 0 Å². The summed E-state index contributed by atoms with van der Waals surface area (Å²) in [6.45, 7) is 23.6. The van der Waals surface area contributed by atoms with Gasteiger partial charge in [-0.25, -0.2) is 0 Å². The highest BCUT2D eigenvalue weighted by atomic mass is 16.3. The highest BCUT2D eigenvalue weighted by Crippen LogP contribution is 2.41. The van der Waals surface area contributed by atoms with Crippen LogP contribution in [0.25, 0.3) is 12.2 Å². The smallest absolute Gasteiger partial charge is 0.115 e. The zero-order valence-corrected chi connectivity index (χ0v) is 35.4. The fraction of sp³-hybridized carbons (Fsp3) is 0.451. The van der Waals surface area contributed by atoms with Crippen molar-refractivity contribution < 1.29 is 15.3 Å². The van der Waals surface area contributed by atoms with Gasteiger partial charge in [-0.3, -0.25) is 0 Å². The summed E-state index contributed by atoms with van der Waals surface area (Å²) >= 11 is 0. The van der Waals surface area contributed by atoms with E-state index in [0.29, 0.717) is 18.6 Å². The second-order valence-corrected chi connectivity index (χ2v) is 15.4. The van der Waals surface area contributed by atoms with Crippen LogP contribution >= 0.6 is 0 Å². The largest absolute Gasteiger partial charge is 0.508 e.